The van der Waals surface area contributed by atoms with Crippen molar-refractivity contribution < 1.29 is 0 Å². The van der Waals surface area contributed by atoms with E-state index in [9.17, 15) is 0 Å². The Bertz CT molecular complexity index is 4260. The minimum absolute atomic E-state index is 0.0319. The molecule has 2 nitrogen and oxygen atoms in total. The summed E-state index contributed by atoms with van der Waals surface area (Å²) in [5.74, 6) is 0.196. The first-order valence-electron chi connectivity index (χ1n) is 27.5. The van der Waals surface area contributed by atoms with Gasteiger partial charge in [0.2, 0.25) is 0 Å². The van der Waals surface area contributed by atoms with Gasteiger partial charge in [-0.2, -0.15) is 0 Å². The number of thioether (sulfide) groups is 1. The summed E-state index contributed by atoms with van der Waals surface area (Å²) >= 11 is 3.94. The Hall–Kier alpha value is -6.79. The van der Waals surface area contributed by atoms with Gasteiger partial charge in [0.05, 0.1) is 5.52 Å². The molecule has 0 amide bonds. The maximum Gasteiger partial charge on any atom is 0.197 e. The molecule has 5 heteroatoms. The van der Waals surface area contributed by atoms with E-state index in [1.807, 2.05) is 23.1 Å². The average Bonchev–Trinajstić information content (AvgIpc) is 4.26. The van der Waals surface area contributed by atoms with Crippen LogP contribution in [0.2, 0.25) is 0 Å². The molecule has 371 valence electrons. The number of nitrogens with zero attached hydrogens (tertiary/aromatic N) is 1. The molecular weight excluding hydrogens is 956 g/mol. The van der Waals surface area contributed by atoms with Gasteiger partial charge < -0.3 is 9.88 Å². The SMILES string of the molecule is CC(C)(C)c1ccc(Nc2cc3sc4ccccc4c3cc2-c2c3c(c4c5cc6c(cc5n5c4c2[B]c2cc4c(cc2-5)C(c2ccccc2)C(c2ccccc2)S4)C(C)(C)CCC6(C)C)-c2ccccc2C3(C)C)cc1. The second-order valence-corrected chi connectivity index (χ2v) is 27.6. The molecule has 4 aliphatic rings. The Balaban J connectivity index is 1.10. The molecule has 1 N–H and O–H groups in total. The summed E-state index contributed by atoms with van der Waals surface area (Å²) in [6, 6.07) is 65.6. The molecule has 1 radical (unpaired) electrons. The van der Waals surface area contributed by atoms with Crippen molar-refractivity contribution in [2.75, 3.05) is 5.32 Å². The molecule has 4 heterocycles. The third-order valence-electron chi connectivity index (χ3n) is 18.4. The smallest absolute Gasteiger partial charge is 0.197 e. The van der Waals surface area contributed by atoms with Gasteiger partial charge in [0.1, 0.15) is 0 Å². The fourth-order valence-corrected chi connectivity index (χ4v) is 16.9. The van der Waals surface area contributed by atoms with Crippen molar-refractivity contribution in [3.05, 3.63) is 214 Å². The van der Waals surface area contributed by atoms with E-state index in [4.69, 9.17) is 0 Å². The van der Waals surface area contributed by atoms with Crippen LogP contribution in [-0.2, 0) is 21.7 Å². The topological polar surface area (TPSA) is 17.0 Å². The molecule has 0 spiro atoms. The Morgan fingerprint density at radius 2 is 1.26 bits per heavy atom. The first-order chi connectivity index (χ1) is 36.5. The Morgan fingerprint density at radius 1 is 0.592 bits per heavy atom. The number of rotatable bonds is 5. The Morgan fingerprint density at radius 3 is 2.00 bits per heavy atom. The van der Waals surface area contributed by atoms with Gasteiger partial charge in [-0.25, -0.2) is 0 Å². The van der Waals surface area contributed by atoms with Crippen molar-refractivity contribution in [2.45, 2.75) is 113 Å². The van der Waals surface area contributed by atoms with Crippen LogP contribution in [0, 0.1) is 0 Å². The van der Waals surface area contributed by atoms with Crippen LogP contribution in [-0.4, -0.2) is 11.8 Å². The van der Waals surface area contributed by atoms with E-state index in [0.29, 0.717) is 0 Å². The molecule has 2 aliphatic carbocycles. The molecule has 2 aromatic heterocycles. The van der Waals surface area contributed by atoms with Crippen molar-refractivity contribution in [3.8, 4) is 27.9 Å². The molecular formula is C71H62BN2S2. The first-order valence-corrected chi connectivity index (χ1v) is 29.2. The van der Waals surface area contributed by atoms with Crippen LogP contribution in [0.1, 0.15) is 131 Å². The van der Waals surface area contributed by atoms with Crippen molar-refractivity contribution in [1.29, 1.82) is 0 Å². The lowest BCUT2D eigenvalue weighted by atomic mass is 9.57. The molecule has 11 aromatic rings. The van der Waals surface area contributed by atoms with E-state index in [1.54, 1.807) is 0 Å². The molecule has 0 bridgehead atoms. The monoisotopic (exact) mass is 1020 g/mol. The van der Waals surface area contributed by atoms with Gasteiger partial charge in [-0.05, 0) is 144 Å². The standard InChI is InChI=1S/C71H62BN2S2/c1-68(2,3)42-28-30-43(31-29-42)73-54-39-59-46(44-24-17-19-27-57(44)75-59)34-47(54)63-64-61(45-25-16-18-26-50(45)71(64,8)9)62-48-35-51-52(70(6,7)33-32-69(51,4)5)37-55(48)74-56-36-49-58(38-53(56)72-65(63)66(62)74)76-67(41-22-14-11-15-23-41)60(49)40-20-12-10-13-21-40/h10-31,34-39,60,67,73H,32-33H2,1-9H3. The molecule has 2 unspecified atom stereocenters. The maximum atomic E-state index is 4.12. The number of aromatic nitrogens is 1. The zero-order chi connectivity index (χ0) is 51.8. The summed E-state index contributed by atoms with van der Waals surface area (Å²) in [4.78, 5) is 1.37. The molecule has 76 heavy (non-hydrogen) atoms. The van der Waals surface area contributed by atoms with Crippen LogP contribution < -0.4 is 16.2 Å². The number of benzene rings is 9. The molecule has 2 aliphatic heterocycles. The highest BCUT2D eigenvalue weighted by atomic mass is 32.2. The number of hydrogen-bond acceptors (Lipinski definition) is 3. The number of nitrogens with one attached hydrogen (secondary N) is 1. The Labute approximate surface area is 456 Å². The predicted octanol–water partition coefficient (Wildman–Crippen LogP) is 18.5. The third kappa shape index (κ3) is 6.67. The maximum absolute atomic E-state index is 4.12. The fraction of sp³-hybridized carbons (Fsp3) is 0.239. The van der Waals surface area contributed by atoms with Gasteiger partial charge in [0, 0.05) is 80.6 Å². The van der Waals surface area contributed by atoms with Gasteiger partial charge in [-0.3, -0.25) is 0 Å². The first kappa shape index (κ1) is 46.5. The summed E-state index contributed by atoms with van der Waals surface area (Å²) in [6.07, 6.45) is 2.33. The highest BCUT2D eigenvalue weighted by molar-refractivity contribution is 8.00. The highest BCUT2D eigenvalue weighted by Gasteiger charge is 2.46. The highest BCUT2D eigenvalue weighted by Crippen LogP contribution is 2.61. The largest absolute Gasteiger partial charge is 0.355 e. The van der Waals surface area contributed by atoms with Crippen LogP contribution in [0.15, 0.2) is 175 Å². The van der Waals surface area contributed by atoms with Crippen LogP contribution in [0.4, 0.5) is 11.4 Å². The lowest BCUT2D eigenvalue weighted by Crippen LogP contribution is -2.39. The number of anilines is 2. The molecule has 9 aromatic carbocycles. The van der Waals surface area contributed by atoms with Gasteiger partial charge in [-0.15, -0.1) is 23.1 Å². The van der Waals surface area contributed by atoms with E-state index in [2.05, 4.69) is 249 Å². The zero-order valence-corrected chi connectivity index (χ0v) is 46.7. The molecule has 15 rings (SSSR count). The van der Waals surface area contributed by atoms with E-state index >= 15 is 0 Å². The minimum atomic E-state index is -0.319. The summed E-state index contributed by atoms with van der Waals surface area (Å²) in [5, 5.41) is 9.73. The zero-order valence-electron chi connectivity index (χ0n) is 45.1. The van der Waals surface area contributed by atoms with E-state index in [0.717, 1.165) is 17.8 Å². The lowest BCUT2D eigenvalue weighted by Gasteiger charge is -2.42. The third-order valence-corrected chi connectivity index (χ3v) is 20.9. The number of thiophene rings is 1. The second kappa shape index (κ2) is 16.1. The summed E-state index contributed by atoms with van der Waals surface area (Å²) in [5.41, 5.74) is 25.1. The molecule has 0 saturated heterocycles. The molecule has 0 saturated carbocycles. The Kier molecular flexibility index (Phi) is 9.87. The van der Waals surface area contributed by atoms with Crippen molar-refractivity contribution in [3.63, 3.8) is 0 Å². The normalized spacial score (nSPS) is 18.3. The lowest BCUT2D eigenvalue weighted by molar-refractivity contribution is 0.332. The van der Waals surface area contributed by atoms with Gasteiger partial charge in [0.15, 0.2) is 7.28 Å². The van der Waals surface area contributed by atoms with Gasteiger partial charge >= 0.3 is 0 Å². The fourth-order valence-electron chi connectivity index (χ4n) is 14.3. The number of hydrogen-bond donors (Lipinski definition) is 1. The van der Waals surface area contributed by atoms with Crippen molar-refractivity contribution >= 4 is 94.7 Å². The van der Waals surface area contributed by atoms with E-state index in [-0.39, 0.29) is 32.8 Å². The van der Waals surface area contributed by atoms with Crippen LogP contribution in [0.5, 0.6) is 0 Å². The van der Waals surface area contributed by atoms with Gasteiger partial charge in [-0.1, -0.05) is 189 Å². The summed E-state index contributed by atoms with van der Waals surface area (Å²) in [6.45, 7) is 21.8. The second-order valence-electron chi connectivity index (χ2n) is 25.3. The van der Waals surface area contributed by atoms with E-state index < -0.39 is 0 Å². The minimum Gasteiger partial charge on any atom is -0.355 e. The van der Waals surface area contributed by atoms with Crippen LogP contribution in [0.3, 0.4) is 0 Å². The van der Waals surface area contributed by atoms with Crippen LogP contribution >= 0.6 is 23.1 Å². The van der Waals surface area contributed by atoms with E-state index in [1.165, 1.54) is 137 Å². The summed E-state index contributed by atoms with van der Waals surface area (Å²) in [7, 11) is 2.62. The molecule has 2 atom stereocenters. The number of fused-ring (bicyclic) bond motifs is 14. The van der Waals surface area contributed by atoms with Crippen LogP contribution in [0.25, 0.3) is 69.9 Å². The quantitative estimate of drug-likeness (QED) is 0.173. The predicted molar refractivity (Wildman–Crippen MR) is 329 cm³/mol. The average molecular weight is 1020 g/mol. The van der Waals surface area contributed by atoms with Crippen molar-refractivity contribution in [2.24, 2.45) is 0 Å². The molecule has 0 fully saturated rings. The van der Waals surface area contributed by atoms with Crippen molar-refractivity contribution in [1.82, 2.24) is 4.57 Å². The van der Waals surface area contributed by atoms with Gasteiger partial charge in [0.25, 0.3) is 0 Å². The summed E-state index contributed by atoms with van der Waals surface area (Å²) < 4.78 is 5.36.